The topological polar surface area (TPSA) is 43.4 Å². The van der Waals surface area contributed by atoms with Gasteiger partial charge in [0.15, 0.2) is 0 Å². The molecular weight excluding hydrogens is 236 g/mol. The largest absolute Gasteiger partial charge is 0.469 e. The molecule has 0 spiro atoms. The van der Waals surface area contributed by atoms with E-state index in [0.717, 1.165) is 10.5 Å². The lowest BCUT2D eigenvalue weighted by molar-refractivity contribution is -0.144. The van der Waals surface area contributed by atoms with Crippen LogP contribution in [-0.4, -0.2) is 22.5 Å². The fraction of sp³-hybridized carbons (Fsp3) is 0.462. The van der Waals surface area contributed by atoms with Gasteiger partial charge >= 0.3 is 5.97 Å². The van der Waals surface area contributed by atoms with Crippen molar-refractivity contribution in [3.05, 3.63) is 29.8 Å². The van der Waals surface area contributed by atoms with Gasteiger partial charge in [0.25, 0.3) is 0 Å². The van der Waals surface area contributed by atoms with E-state index in [4.69, 9.17) is 0 Å². The second-order valence-corrected chi connectivity index (χ2v) is 5.86. The summed E-state index contributed by atoms with van der Waals surface area (Å²) in [7, 11) is 0.157. The Bertz CT molecular complexity index is 428. The maximum Gasteiger partial charge on any atom is 0.309 e. The fourth-order valence-corrected chi connectivity index (χ4v) is 3.03. The number of benzene rings is 1. The first-order chi connectivity index (χ1) is 7.99. The molecule has 1 rings (SSSR count). The number of aryl methyl sites for hydroxylation is 1. The van der Waals surface area contributed by atoms with Crippen molar-refractivity contribution in [2.75, 3.05) is 7.11 Å². The third-order valence-electron chi connectivity index (χ3n) is 2.93. The van der Waals surface area contributed by atoms with Gasteiger partial charge in [-0.15, -0.1) is 0 Å². The summed E-state index contributed by atoms with van der Waals surface area (Å²) in [5.41, 5.74) is 0.981. The molecule has 0 aliphatic heterocycles. The summed E-state index contributed by atoms with van der Waals surface area (Å²) < 4.78 is 17.0. The normalized spacial score (nSPS) is 16.0. The van der Waals surface area contributed by atoms with Gasteiger partial charge in [0.1, 0.15) is 0 Å². The Morgan fingerprint density at radius 3 is 2.41 bits per heavy atom. The minimum Gasteiger partial charge on any atom is -0.469 e. The molecule has 1 aromatic carbocycles. The number of ether oxygens (including phenoxy) is 1. The molecule has 17 heavy (non-hydrogen) atoms. The molecule has 1 aromatic rings. The van der Waals surface area contributed by atoms with E-state index in [1.807, 2.05) is 38.1 Å². The number of hydrogen-bond acceptors (Lipinski definition) is 3. The first kappa shape index (κ1) is 13.9. The molecule has 4 heteroatoms. The van der Waals surface area contributed by atoms with Crippen LogP contribution in [0.3, 0.4) is 0 Å². The van der Waals surface area contributed by atoms with Gasteiger partial charge in [0, 0.05) is 10.1 Å². The van der Waals surface area contributed by atoms with E-state index in [-0.39, 0.29) is 17.1 Å². The van der Waals surface area contributed by atoms with Crippen molar-refractivity contribution >= 4 is 16.8 Å². The van der Waals surface area contributed by atoms with Crippen LogP contribution in [0, 0.1) is 12.8 Å². The molecular formula is C13H18O3S. The van der Waals surface area contributed by atoms with Gasteiger partial charge in [-0.05, 0) is 25.5 Å². The zero-order valence-corrected chi connectivity index (χ0v) is 11.4. The van der Waals surface area contributed by atoms with Crippen molar-refractivity contribution in [1.29, 1.82) is 0 Å². The molecule has 0 bridgehead atoms. The zero-order valence-electron chi connectivity index (χ0n) is 10.6. The zero-order chi connectivity index (χ0) is 13.0. The van der Waals surface area contributed by atoms with Crippen LogP contribution in [-0.2, 0) is 20.3 Å². The number of rotatable bonds is 4. The highest BCUT2D eigenvalue weighted by atomic mass is 32.2. The van der Waals surface area contributed by atoms with E-state index < -0.39 is 10.8 Å². The third kappa shape index (κ3) is 3.16. The van der Waals surface area contributed by atoms with E-state index in [9.17, 15) is 9.00 Å². The molecule has 0 saturated heterocycles. The molecule has 3 unspecified atom stereocenters. The van der Waals surface area contributed by atoms with Gasteiger partial charge in [-0.1, -0.05) is 25.1 Å². The van der Waals surface area contributed by atoms with Crippen molar-refractivity contribution in [2.45, 2.75) is 30.9 Å². The lowest BCUT2D eigenvalue weighted by Gasteiger charge is -2.18. The molecule has 0 fully saturated rings. The SMILES string of the molecule is COC(=O)C(C)C(C)S(=O)c1ccccc1C. The average molecular weight is 254 g/mol. The van der Waals surface area contributed by atoms with Gasteiger partial charge in [0.2, 0.25) is 0 Å². The maximum absolute atomic E-state index is 12.3. The Balaban J connectivity index is 2.91. The smallest absolute Gasteiger partial charge is 0.309 e. The van der Waals surface area contributed by atoms with Crippen LogP contribution in [0.4, 0.5) is 0 Å². The monoisotopic (exact) mass is 254 g/mol. The number of carbonyl (C=O) groups excluding carboxylic acids is 1. The van der Waals surface area contributed by atoms with Crippen LogP contribution < -0.4 is 0 Å². The molecule has 0 aromatic heterocycles. The Kier molecular flexibility index (Phi) is 4.87. The summed E-state index contributed by atoms with van der Waals surface area (Å²) in [5.74, 6) is -0.695. The summed E-state index contributed by atoms with van der Waals surface area (Å²) >= 11 is 0. The highest BCUT2D eigenvalue weighted by Crippen LogP contribution is 2.20. The lowest BCUT2D eigenvalue weighted by atomic mass is 10.1. The quantitative estimate of drug-likeness (QED) is 0.774. The molecule has 0 saturated carbocycles. The first-order valence-electron chi connectivity index (χ1n) is 5.53. The van der Waals surface area contributed by atoms with E-state index in [0.29, 0.717) is 0 Å². The van der Waals surface area contributed by atoms with Crippen molar-refractivity contribution in [3.63, 3.8) is 0 Å². The Labute approximate surface area is 105 Å². The van der Waals surface area contributed by atoms with Crippen molar-refractivity contribution < 1.29 is 13.7 Å². The summed E-state index contributed by atoms with van der Waals surface area (Å²) in [5, 5.41) is -0.261. The molecule has 0 amide bonds. The van der Waals surface area contributed by atoms with Crippen molar-refractivity contribution in [3.8, 4) is 0 Å². The van der Waals surface area contributed by atoms with Gasteiger partial charge in [0.05, 0.1) is 23.8 Å². The summed E-state index contributed by atoms with van der Waals surface area (Å²) in [6.45, 7) is 5.47. The van der Waals surface area contributed by atoms with Gasteiger partial charge in [-0.25, -0.2) is 0 Å². The van der Waals surface area contributed by atoms with E-state index in [1.165, 1.54) is 7.11 Å². The molecule has 0 N–H and O–H groups in total. The number of methoxy groups -OCH3 is 1. The predicted octanol–water partition coefficient (Wildman–Crippen LogP) is 2.30. The highest BCUT2D eigenvalue weighted by Gasteiger charge is 2.27. The van der Waals surface area contributed by atoms with Crippen LogP contribution in [0.2, 0.25) is 0 Å². The Morgan fingerprint density at radius 2 is 1.88 bits per heavy atom. The molecule has 3 atom stereocenters. The second kappa shape index (κ2) is 5.96. The molecule has 0 heterocycles. The van der Waals surface area contributed by atoms with Crippen molar-refractivity contribution in [2.24, 2.45) is 5.92 Å². The average Bonchev–Trinajstić information content (AvgIpc) is 2.35. The third-order valence-corrected chi connectivity index (χ3v) is 4.90. The maximum atomic E-state index is 12.3. The molecule has 0 aliphatic rings. The van der Waals surface area contributed by atoms with E-state index >= 15 is 0 Å². The predicted molar refractivity (Wildman–Crippen MR) is 68.2 cm³/mol. The summed E-state index contributed by atoms with van der Waals surface area (Å²) in [6, 6.07) is 7.52. The van der Waals surface area contributed by atoms with E-state index in [1.54, 1.807) is 6.92 Å². The Hall–Kier alpha value is -1.16. The van der Waals surface area contributed by atoms with Crippen molar-refractivity contribution in [1.82, 2.24) is 0 Å². The number of hydrogen-bond donors (Lipinski definition) is 0. The Morgan fingerprint density at radius 1 is 1.29 bits per heavy atom. The number of esters is 1. The molecule has 3 nitrogen and oxygen atoms in total. The van der Waals surface area contributed by atoms with Crippen LogP contribution in [0.25, 0.3) is 0 Å². The molecule has 94 valence electrons. The molecule has 0 radical (unpaired) electrons. The van der Waals surface area contributed by atoms with Gasteiger partial charge in [-0.3, -0.25) is 9.00 Å². The van der Waals surface area contributed by atoms with E-state index in [2.05, 4.69) is 4.74 Å². The minimum atomic E-state index is -1.19. The second-order valence-electron chi connectivity index (χ2n) is 4.08. The van der Waals surface area contributed by atoms with Gasteiger partial charge < -0.3 is 4.74 Å². The highest BCUT2D eigenvalue weighted by molar-refractivity contribution is 7.85. The van der Waals surface area contributed by atoms with Crippen LogP contribution in [0.15, 0.2) is 29.2 Å². The minimum absolute atomic E-state index is 0.261. The number of carbonyl (C=O) groups is 1. The fourth-order valence-electron chi connectivity index (χ4n) is 1.55. The van der Waals surface area contributed by atoms with Crippen LogP contribution >= 0.6 is 0 Å². The van der Waals surface area contributed by atoms with Crippen LogP contribution in [0.5, 0.6) is 0 Å². The first-order valence-corrected chi connectivity index (χ1v) is 6.74. The lowest BCUT2D eigenvalue weighted by Crippen LogP contribution is -2.28. The standard InChI is InChI=1S/C13H18O3S/c1-9-7-5-6-8-12(9)17(15)11(3)10(2)13(14)16-4/h5-8,10-11H,1-4H3. The van der Waals surface area contributed by atoms with Gasteiger partial charge in [-0.2, -0.15) is 0 Å². The summed E-state index contributed by atoms with van der Waals surface area (Å²) in [4.78, 5) is 12.2. The van der Waals surface area contributed by atoms with Crippen LogP contribution in [0.1, 0.15) is 19.4 Å². The molecule has 0 aliphatic carbocycles. The summed E-state index contributed by atoms with van der Waals surface area (Å²) in [6.07, 6.45) is 0.